The molecule has 118 valence electrons. The van der Waals surface area contributed by atoms with Gasteiger partial charge in [-0.2, -0.15) is 0 Å². The van der Waals surface area contributed by atoms with E-state index in [2.05, 4.69) is 10.3 Å². The van der Waals surface area contributed by atoms with E-state index in [1.54, 1.807) is 42.7 Å². The van der Waals surface area contributed by atoms with E-state index in [1.165, 1.54) is 6.07 Å². The molecule has 0 unspecified atom stereocenters. The first-order valence-electron chi connectivity index (χ1n) is 7.35. The molecule has 3 aromatic heterocycles. The van der Waals surface area contributed by atoms with Gasteiger partial charge in [0.25, 0.3) is 5.91 Å². The van der Waals surface area contributed by atoms with Crippen LogP contribution in [0.5, 0.6) is 0 Å². The van der Waals surface area contributed by atoms with Crippen molar-refractivity contribution < 1.29 is 13.6 Å². The van der Waals surface area contributed by atoms with E-state index in [4.69, 9.17) is 8.83 Å². The maximum absolute atomic E-state index is 12.4. The summed E-state index contributed by atoms with van der Waals surface area (Å²) in [5.41, 5.74) is 1.07. The number of furan rings is 1. The first-order valence-corrected chi connectivity index (χ1v) is 7.35. The molecular weight excluding hydrogens is 308 g/mol. The Hall–Kier alpha value is -3.41. The van der Waals surface area contributed by atoms with Gasteiger partial charge in [-0.15, -0.1) is 0 Å². The van der Waals surface area contributed by atoms with Gasteiger partial charge in [0.2, 0.25) is 5.43 Å². The highest BCUT2D eigenvalue weighted by molar-refractivity contribution is 5.97. The summed E-state index contributed by atoms with van der Waals surface area (Å²) in [6.45, 7) is 0.313. The van der Waals surface area contributed by atoms with Gasteiger partial charge in [0.05, 0.1) is 5.39 Å². The number of amides is 1. The summed E-state index contributed by atoms with van der Waals surface area (Å²) in [6, 6.07) is 11.9. The molecule has 4 rings (SSSR count). The molecule has 0 aliphatic carbocycles. The molecule has 0 fully saturated rings. The fraction of sp³-hybridized carbons (Fsp3) is 0.0556. The lowest BCUT2D eigenvalue weighted by Gasteiger charge is -2.01. The largest absolute Gasteiger partial charge is 0.425 e. The quantitative estimate of drug-likeness (QED) is 0.627. The van der Waals surface area contributed by atoms with E-state index in [-0.39, 0.29) is 22.4 Å². The smallest absolute Gasteiger partial charge is 0.302 e. The van der Waals surface area contributed by atoms with Crippen LogP contribution in [0.25, 0.3) is 22.1 Å². The highest BCUT2D eigenvalue weighted by atomic mass is 16.5. The van der Waals surface area contributed by atoms with E-state index >= 15 is 0 Å². The third-order valence-electron chi connectivity index (χ3n) is 3.68. The Morgan fingerprint density at radius 3 is 2.79 bits per heavy atom. The van der Waals surface area contributed by atoms with Crippen molar-refractivity contribution in [2.45, 2.75) is 6.54 Å². The third-order valence-corrected chi connectivity index (χ3v) is 3.68. The monoisotopic (exact) mass is 320 g/mol. The summed E-state index contributed by atoms with van der Waals surface area (Å²) in [5.74, 6) is -0.344. The number of hydrogen-bond acceptors (Lipinski definition) is 5. The summed E-state index contributed by atoms with van der Waals surface area (Å²) in [6.07, 6.45) is 3.32. The molecule has 1 aromatic carbocycles. The molecular formula is C18H12N2O4. The molecule has 6 heteroatoms. The van der Waals surface area contributed by atoms with Gasteiger partial charge in [0.15, 0.2) is 5.76 Å². The van der Waals surface area contributed by atoms with Gasteiger partial charge < -0.3 is 14.2 Å². The molecule has 0 spiro atoms. The van der Waals surface area contributed by atoms with Crippen LogP contribution in [0.3, 0.4) is 0 Å². The van der Waals surface area contributed by atoms with Crippen LogP contribution in [0.4, 0.5) is 0 Å². The molecule has 1 amide bonds. The fourth-order valence-electron chi connectivity index (χ4n) is 2.48. The number of benzene rings is 1. The number of carbonyl (C=O) groups is 1. The van der Waals surface area contributed by atoms with Crippen LogP contribution in [0.2, 0.25) is 0 Å². The Morgan fingerprint density at radius 2 is 1.96 bits per heavy atom. The van der Waals surface area contributed by atoms with Crippen molar-refractivity contribution in [1.29, 1.82) is 0 Å². The second kappa shape index (κ2) is 5.66. The van der Waals surface area contributed by atoms with Crippen molar-refractivity contribution in [1.82, 2.24) is 10.3 Å². The van der Waals surface area contributed by atoms with E-state index in [0.29, 0.717) is 17.5 Å². The molecule has 4 aromatic rings. The SMILES string of the molecule is O=C(NCc1cccnc1)c1cc2c(=O)c3ccccc3oc2o1. The van der Waals surface area contributed by atoms with Gasteiger partial charge in [0, 0.05) is 25.0 Å². The van der Waals surface area contributed by atoms with Crippen molar-refractivity contribution in [2.75, 3.05) is 0 Å². The summed E-state index contributed by atoms with van der Waals surface area (Å²) in [4.78, 5) is 28.6. The number of nitrogens with zero attached hydrogens (tertiary/aromatic N) is 1. The minimum absolute atomic E-state index is 0.0325. The van der Waals surface area contributed by atoms with Gasteiger partial charge in [-0.1, -0.05) is 18.2 Å². The lowest BCUT2D eigenvalue weighted by molar-refractivity contribution is 0.0923. The maximum Gasteiger partial charge on any atom is 0.302 e. The fourth-order valence-corrected chi connectivity index (χ4v) is 2.48. The van der Waals surface area contributed by atoms with Crippen LogP contribution in [-0.2, 0) is 6.54 Å². The van der Waals surface area contributed by atoms with Gasteiger partial charge in [-0.25, -0.2) is 0 Å². The van der Waals surface area contributed by atoms with Gasteiger partial charge >= 0.3 is 5.78 Å². The van der Waals surface area contributed by atoms with E-state index < -0.39 is 5.91 Å². The van der Waals surface area contributed by atoms with E-state index in [1.807, 2.05) is 6.07 Å². The van der Waals surface area contributed by atoms with Gasteiger partial charge in [-0.3, -0.25) is 14.6 Å². The molecule has 0 aliphatic rings. The third kappa shape index (κ3) is 2.44. The predicted octanol–water partition coefficient (Wildman–Crippen LogP) is 2.86. The second-order valence-electron chi connectivity index (χ2n) is 5.28. The molecule has 3 heterocycles. The first-order chi connectivity index (χ1) is 11.7. The lowest BCUT2D eigenvalue weighted by atomic mass is 10.2. The van der Waals surface area contributed by atoms with Crippen molar-refractivity contribution in [2.24, 2.45) is 0 Å². The van der Waals surface area contributed by atoms with Gasteiger partial charge in [0.1, 0.15) is 11.0 Å². The number of aromatic nitrogens is 1. The average Bonchev–Trinajstić information content (AvgIpc) is 3.05. The highest BCUT2D eigenvalue weighted by Crippen LogP contribution is 2.21. The number of fused-ring (bicyclic) bond motifs is 2. The molecule has 1 N–H and O–H groups in total. The minimum Gasteiger partial charge on any atom is -0.425 e. The van der Waals surface area contributed by atoms with Gasteiger partial charge in [-0.05, 0) is 23.8 Å². The zero-order valence-corrected chi connectivity index (χ0v) is 12.5. The van der Waals surface area contributed by atoms with Crippen LogP contribution in [-0.4, -0.2) is 10.9 Å². The summed E-state index contributed by atoms with van der Waals surface area (Å²) in [5, 5.41) is 3.42. The Balaban J connectivity index is 1.67. The van der Waals surface area contributed by atoms with Crippen molar-refractivity contribution in [3.8, 4) is 0 Å². The van der Waals surface area contributed by atoms with Crippen molar-refractivity contribution >= 4 is 28.0 Å². The Kier molecular flexibility index (Phi) is 3.35. The number of nitrogens with one attached hydrogen (secondary N) is 1. The maximum atomic E-state index is 12.4. The zero-order valence-electron chi connectivity index (χ0n) is 12.5. The number of hydrogen-bond donors (Lipinski definition) is 1. The topological polar surface area (TPSA) is 85.3 Å². The molecule has 24 heavy (non-hydrogen) atoms. The Bertz CT molecular complexity index is 1100. The van der Waals surface area contributed by atoms with E-state index in [9.17, 15) is 9.59 Å². The highest BCUT2D eigenvalue weighted by Gasteiger charge is 2.17. The summed E-state index contributed by atoms with van der Waals surface area (Å²) < 4.78 is 11.0. The number of carbonyl (C=O) groups excluding carboxylic acids is 1. The zero-order chi connectivity index (χ0) is 16.5. The second-order valence-corrected chi connectivity index (χ2v) is 5.28. The normalized spacial score (nSPS) is 11.0. The first kappa shape index (κ1) is 14.2. The molecule has 6 nitrogen and oxygen atoms in total. The molecule has 0 saturated heterocycles. The van der Waals surface area contributed by atoms with Crippen LogP contribution in [0, 0.1) is 0 Å². The van der Waals surface area contributed by atoms with E-state index in [0.717, 1.165) is 5.56 Å². The summed E-state index contributed by atoms with van der Waals surface area (Å²) in [7, 11) is 0. The van der Waals surface area contributed by atoms with Crippen LogP contribution in [0.1, 0.15) is 16.1 Å². The number of pyridine rings is 1. The molecule has 0 bridgehead atoms. The standard InChI is InChI=1S/C18H12N2O4/c21-16-12-5-1-2-6-14(12)23-18-13(16)8-15(24-18)17(22)20-10-11-4-3-7-19-9-11/h1-9H,10H2,(H,20,22). The predicted molar refractivity (Wildman–Crippen MR) is 87.7 cm³/mol. The minimum atomic E-state index is -0.422. The average molecular weight is 320 g/mol. The van der Waals surface area contributed by atoms with Crippen molar-refractivity contribution in [3.05, 3.63) is 76.4 Å². The lowest BCUT2D eigenvalue weighted by Crippen LogP contribution is -2.22. The van der Waals surface area contributed by atoms with Crippen LogP contribution < -0.4 is 10.7 Å². The van der Waals surface area contributed by atoms with Crippen LogP contribution >= 0.6 is 0 Å². The molecule has 0 atom stereocenters. The number of rotatable bonds is 3. The molecule has 0 radical (unpaired) electrons. The van der Waals surface area contributed by atoms with Crippen molar-refractivity contribution in [3.63, 3.8) is 0 Å². The Morgan fingerprint density at radius 1 is 1.08 bits per heavy atom. The van der Waals surface area contributed by atoms with Crippen LogP contribution in [0.15, 0.2) is 68.5 Å². The molecule has 0 aliphatic heterocycles. The summed E-state index contributed by atoms with van der Waals surface area (Å²) >= 11 is 0. The molecule has 0 saturated carbocycles. The number of para-hydroxylation sites is 1. The Labute approximate surface area is 135 Å².